The predicted molar refractivity (Wildman–Crippen MR) is 75.5 cm³/mol. The molecule has 0 radical (unpaired) electrons. The van der Waals surface area contributed by atoms with Gasteiger partial charge >= 0.3 is 0 Å². The minimum atomic E-state index is -0.207. The van der Waals surface area contributed by atoms with Crippen molar-refractivity contribution < 1.29 is 14.3 Å². The van der Waals surface area contributed by atoms with Gasteiger partial charge in [-0.3, -0.25) is 4.79 Å². The van der Waals surface area contributed by atoms with Crippen molar-refractivity contribution in [3.63, 3.8) is 0 Å². The first-order chi connectivity index (χ1) is 9.15. The van der Waals surface area contributed by atoms with Gasteiger partial charge in [0.05, 0.1) is 23.8 Å². The lowest BCUT2D eigenvalue weighted by atomic mass is 10.2. The Bertz CT molecular complexity index is 413. The molecule has 0 fully saturated rings. The zero-order valence-corrected chi connectivity index (χ0v) is 11.7. The van der Waals surface area contributed by atoms with E-state index in [1.165, 1.54) is 0 Å². The number of carbonyl (C=O) groups excluding carboxylic acids is 1. The lowest BCUT2D eigenvalue weighted by Crippen LogP contribution is -2.25. The highest BCUT2D eigenvalue weighted by Crippen LogP contribution is 2.18. The van der Waals surface area contributed by atoms with Gasteiger partial charge < -0.3 is 20.5 Å². The molecule has 0 aliphatic rings. The topological polar surface area (TPSA) is 73.6 Å². The number of rotatable bonds is 8. The monoisotopic (exact) mass is 286 g/mol. The van der Waals surface area contributed by atoms with Crippen LogP contribution in [0.2, 0.25) is 5.02 Å². The Labute approximate surface area is 118 Å². The molecule has 0 heterocycles. The third kappa shape index (κ3) is 5.92. The van der Waals surface area contributed by atoms with Crippen molar-refractivity contribution in [2.24, 2.45) is 0 Å². The second-order valence-electron chi connectivity index (χ2n) is 3.95. The second-order valence-corrected chi connectivity index (χ2v) is 4.36. The minimum absolute atomic E-state index is 0.207. The van der Waals surface area contributed by atoms with Crippen molar-refractivity contribution in [3.05, 3.63) is 28.8 Å². The fourth-order valence-corrected chi connectivity index (χ4v) is 1.71. The maximum absolute atomic E-state index is 11.8. The fourth-order valence-electron chi connectivity index (χ4n) is 1.43. The zero-order valence-electron chi connectivity index (χ0n) is 10.9. The van der Waals surface area contributed by atoms with E-state index in [-0.39, 0.29) is 5.91 Å². The number of hydrogen-bond donors (Lipinski definition) is 2. The van der Waals surface area contributed by atoms with Gasteiger partial charge in [0, 0.05) is 25.9 Å². The molecule has 1 aromatic rings. The molecule has 19 heavy (non-hydrogen) atoms. The Morgan fingerprint density at radius 2 is 2.16 bits per heavy atom. The SMILES string of the molecule is COCCOCCCNC(=O)c1ccc(N)cc1Cl. The van der Waals surface area contributed by atoms with Gasteiger partial charge in [0.25, 0.3) is 5.91 Å². The van der Waals surface area contributed by atoms with Gasteiger partial charge in [0.15, 0.2) is 0 Å². The first-order valence-corrected chi connectivity index (χ1v) is 6.43. The molecule has 0 bridgehead atoms. The van der Waals surface area contributed by atoms with Crippen LogP contribution in [0.3, 0.4) is 0 Å². The van der Waals surface area contributed by atoms with E-state index in [0.29, 0.717) is 42.6 Å². The summed E-state index contributed by atoms with van der Waals surface area (Å²) in [7, 11) is 1.62. The van der Waals surface area contributed by atoms with Crippen LogP contribution >= 0.6 is 11.6 Å². The van der Waals surface area contributed by atoms with Crippen LogP contribution in [0.5, 0.6) is 0 Å². The van der Waals surface area contributed by atoms with Gasteiger partial charge in [-0.05, 0) is 24.6 Å². The van der Waals surface area contributed by atoms with E-state index in [4.69, 9.17) is 26.8 Å². The first kappa shape index (κ1) is 15.8. The number of nitrogen functional groups attached to an aromatic ring is 1. The highest BCUT2D eigenvalue weighted by molar-refractivity contribution is 6.34. The first-order valence-electron chi connectivity index (χ1n) is 6.05. The Hall–Kier alpha value is -1.30. The van der Waals surface area contributed by atoms with Crippen LogP contribution in [0.4, 0.5) is 5.69 Å². The lowest BCUT2D eigenvalue weighted by molar-refractivity contribution is 0.0688. The van der Waals surface area contributed by atoms with Crippen LogP contribution in [-0.2, 0) is 9.47 Å². The third-order valence-corrected chi connectivity index (χ3v) is 2.73. The summed E-state index contributed by atoms with van der Waals surface area (Å²) in [6.45, 7) is 2.26. The summed E-state index contributed by atoms with van der Waals surface area (Å²) in [5, 5.41) is 3.13. The molecular formula is C13H19ClN2O3. The summed E-state index contributed by atoms with van der Waals surface area (Å²) in [6.07, 6.45) is 0.738. The molecule has 3 N–H and O–H groups in total. The number of nitrogens with two attached hydrogens (primary N) is 1. The molecule has 0 aromatic heterocycles. The quantitative estimate of drug-likeness (QED) is 0.563. The molecule has 0 atom stereocenters. The van der Waals surface area contributed by atoms with Gasteiger partial charge in [-0.1, -0.05) is 11.6 Å². The Morgan fingerprint density at radius 3 is 2.84 bits per heavy atom. The van der Waals surface area contributed by atoms with Crippen molar-refractivity contribution >= 4 is 23.2 Å². The molecule has 1 aromatic carbocycles. The van der Waals surface area contributed by atoms with Gasteiger partial charge in [-0.2, -0.15) is 0 Å². The number of methoxy groups -OCH3 is 1. The average Bonchev–Trinajstić information content (AvgIpc) is 2.37. The number of benzene rings is 1. The summed E-state index contributed by atoms with van der Waals surface area (Å²) >= 11 is 5.94. The van der Waals surface area contributed by atoms with E-state index in [0.717, 1.165) is 6.42 Å². The Kier molecular flexibility index (Phi) is 7.25. The fraction of sp³-hybridized carbons (Fsp3) is 0.462. The van der Waals surface area contributed by atoms with Crippen molar-refractivity contribution in [1.29, 1.82) is 0 Å². The van der Waals surface area contributed by atoms with Gasteiger partial charge in [-0.15, -0.1) is 0 Å². The second kappa shape index (κ2) is 8.74. The number of anilines is 1. The zero-order chi connectivity index (χ0) is 14.1. The van der Waals surface area contributed by atoms with E-state index in [1.807, 2.05) is 0 Å². The molecule has 0 spiro atoms. The molecule has 1 rings (SSSR count). The molecule has 5 nitrogen and oxygen atoms in total. The average molecular weight is 287 g/mol. The summed E-state index contributed by atoms with van der Waals surface area (Å²) in [5.41, 5.74) is 6.53. The van der Waals surface area contributed by atoms with Crippen molar-refractivity contribution in [2.75, 3.05) is 39.2 Å². The van der Waals surface area contributed by atoms with Crippen LogP contribution in [0.15, 0.2) is 18.2 Å². The van der Waals surface area contributed by atoms with E-state index < -0.39 is 0 Å². The molecule has 0 saturated carbocycles. The maximum atomic E-state index is 11.8. The lowest BCUT2D eigenvalue weighted by Gasteiger charge is -2.07. The molecule has 0 aliphatic carbocycles. The van der Waals surface area contributed by atoms with Gasteiger partial charge in [-0.25, -0.2) is 0 Å². The van der Waals surface area contributed by atoms with Gasteiger partial charge in [0.2, 0.25) is 0 Å². The van der Waals surface area contributed by atoms with Crippen LogP contribution in [0, 0.1) is 0 Å². The van der Waals surface area contributed by atoms with E-state index in [2.05, 4.69) is 5.32 Å². The number of halogens is 1. The number of hydrogen-bond acceptors (Lipinski definition) is 4. The summed E-state index contributed by atoms with van der Waals surface area (Å²) in [5.74, 6) is -0.207. The van der Waals surface area contributed by atoms with Crippen molar-refractivity contribution in [1.82, 2.24) is 5.32 Å². The summed E-state index contributed by atoms with van der Waals surface area (Å²) in [6, 6.07) is 4.82. The normalized spacial score (nSPS) is 10.4. The molecule has 0 unspecified atom stereocenters. The molecule has 1 amide bonds. The number of ether oxygens (including phenoxy) is 2. The van der Waals surface area contributed by atoms with Gasteiger partial charge in [0.1, 0.15) is 0 Å². The largest absolute Gasteiger partial charge is 0.399 e. The van der Waals surface area contributed by atoms with Crippen LogP contribution < -0.4 is 11.1 Å². The molecule has 6 heteroatoms. The standard InChI is InChI=1S/C13H19ClN2O3/c1-18-7-8-19-6-2-5-16-13(17)11-4-3-10(15)9-12(11)14/h3-4,9H,2,5-8,15H2,1H3,(H,16,17). The minimum Gasteiger partial charge on any atom is -0.399 e. The maximum Gasteiger partial charge on any atom is 0.252 e. The number of carbonyl (C=O) groups is 1. The molecule has 0 aliphatic heterocycles. The van der Waals surface area contributed by atoms with E-state index >= 15 is 0 Å². The van der Waals surface area contributed by atoms with Crippen LogP contribution in [0.1, 0.15) is 16.8 Å². The predicted octanol–water partition coefficient (Wildman–Crippen LogP) is 1.71. The molecular weight excluding hydrogens is 268 g/mol. The molecule has 0 saturated heterocycles. The molecule has 106 valence electrons. The summed E-state index contributed by atoms with van der Waals surface area (Å²) < 4.78 is 10.1. The van der Waals surface area contributed by atoms with Crippen molar-refractivity contribution in [3.8, 4) is 0 Å². The summed E-state index contributed by atoms with van der Waals surface area (Å²) in [4.78, 5) is 11.8. The smallest absolute Gasteiger partial charge is 0.252 e. The van der Waals surface area contributed by atoms with E-state index in [1.54, 1.807) is 25.3 Å². The van der Waals surface area contributed by atoms with E-state index in [9.17, 15) is 4.79 Å². The number of amides is 1. The number of nitrogens with one attached hydrogen (secondary N) is 1. The highest BCUT2D eigenvalue weighted by atomic mass is 35.5. The third-order valence-electron chi connectivity index (χ3n) is 2.42. The Morgan fingerprint density at radius 1 is 1.37 bits per heavy atom. The highest BCUT2D eigenvalue weighted by Gasteiger charge is 2.09. The van der Waals surface area contributed by atoms with Crippen molar-refractivity contribution in [2.45, 2.75) is 6.42 Å². The Balaban J connectivity index is 2.24. The van der Waals surface area contributed by atoms with Crippen LogP contribution in [0.25, 0.3) is 0 Å². The van der Waals surface area contributed by atoms with Crippen LogP contribution in [-0.4, -0.2) is 39.4 Å².